The van der Waals surface area contributed by atoms with Crippen molar-refractivity contribution in [3.05, 3.63) is 29.8 Å². The van der Waals surface area contributed by atoms with Gasteiger partial charge in [-0.2, -0.15) is 0 Å². The molecule has 1 aromatic rings. The first-order valence-corrected chi connectivity index (χ1v) is 8.10. The quantitative estimate of drug-likeness (QED) is 0.827. The van der Waals surface area contributed by atoms with Gasteiger partial charge in [0.1, 0.15) is 6.04 Å². The lowest BCUT2D eigenvalue weighted by Crippen LogP contribution is -2.40. The number of esters is 1. The average Bonchev–Trinajstić information content (AvgIpc) is 2.45. The first-order chi connectivity index (χ1) is 10.1. The number of carbonyl (C=O) groups excluding carboxylic acids is 1. The third-order valence-corrected chi connectivity index (χ3v) is 4.33. The molecular weight excluding hydrogens is 262 g/mol. The number of nitrogens with one attached hydrogen (secondary N) is 1. The van der Waals surface area contributed by atoms with Crippen LogP contribution in [0.5, 0.6) is 0 Å². The predicted molar refractivity (Wildman–Crippen MR) is 86.3 cm³/mol. The zero-order chi connectivity index (χ0) is 15.2. The number of anilines is 1. The minimum absolute atomic E-state index is 0.113. The first kappa shape index (κ1) is 15.9. The first-order valence-electron chi connectivity index (χ1n) is 8.10. The molecule has 0 aliphatic heterocycles. The van der Waals surface area contributed by atoms with Gasteiger partial charge in [-0.15, -0.1) is 0 Å². The Kier molecular flexibility index (Phi) is 5.66. The molecule has 116 valence electrons. The van der Waals surface area contributed by atoms with E-state index >= 15 is 0 Å². The van der Waals surface area contributed by atoms with E-state index in [-0.39, 0.29) is 12.0 Å². The van der Waals surface area contributed by atoms with Gasteiger partial charge in [0.15, 0.2) is 0 Å². The average molecular weight is 289 g/mol. The highest BCUT2D eigenvalue weighted by atomic mass is 16.5. The monoisotopic (exact) mass is 289 g/mol. The molecular formula is C18H27NO2. The van der Waals surface area contributed by atoms with E-state index in [1.807, 2.05) is 19.1 Å². The fourth-order valence-corrected chi connectivity index (χ4v) is 3.30. The van der Waals surface area contributed by atoms with E-state index in [1.165, 1.54) is 18.4 Å². The van der Waals surface area contributed by atoms with Gasteiger partial charge in [0, 0.05) is 5.69 Å². The number of rotatable bonds is 5. The highest BCUT2D eigenvalue weighted by Gasteiger charge is 2.32. The van der Waals surface area contributed by atoms with Crippen LogP contribution < -0.4 is 5.32 Å². The van der Waals surface area contributed by atoms with E-state index in [1.54, 1.807) is 0 Å². The summed E-state index contributed by atoms with van der Waals surface area (Å²) in [5.41, 5.74) is 2.20. The van der Waals surface area contributed by atoms with E-state index in [0.717, 1.165) is 18.5 Å². The van der Waals surface area contributed by atoms with Crippen LogP contribution in [0.15, 0.2) is 24.3 Å². The highest BCUT2D eigenvalue weighted by Crippen LogP contribution is 2.32. The van der Waals surface area contributed by atoms with Crippen LogP contribution in [-0.4, -0.2) is 18.6 Å². The number of aryl methyl sites for hydroxylation is 1. The summed E-state index contributed by atoms with van der Waals surface area (Å²) in [6.45, 7) is 6.65. The molecule has 1 aliphatic carbocycles. The second kappa shape index (κ2) is 7.48. The van der Waals surface area contributed by atoms with Gasteiger partial charge in [0.05, 0.1) is 6.61 Å². The van der Waals surface area contributed by atoms with Crippen LogP contribution >= 0.6 is 0 Å². The molecule has 1 aliphatic rings. The third kappa shape index (κ3) is 4.48. The fraction of sp³-hybridized carbons (Fsp3) is 0.611. The topological polar surface area (TPSA) is 38.3 Å². The summed E-state index contributed by atoms with van der Waals surface area (Å²) in [6, 6.07) is 7.95. The maximum absolute atomic E-state index is 12.4. The number of hydrogen-bond acceptors (Lipinski definition) is 3. The van der Waals surface area contributed by atoms with Crippen molar-refractivity contribution in [2.75, 3.05) is 11.9 Å². The van der Waals surface area contributed by atoms with Gasteiger partial charge in [-0.25, -0.2) is 4.79 Å². The maximum Gasteiger partial charge on any atom is 0.328 e. The molecule has 21 heavy (non-hydrogen) atoms. The smallest absolute Gasteiger partial charge is 0.328 e. The van der Waals surface area contributed by atoms with E-state index < -0.39 is 0 Å². The Morgan fingerprint density at radius 2 is 2.24 bits per heavy atom. The second-order valence-corrected chi connectivity index (χ2v) is 6.28. The van der Waals surface area contributed by atoms with Gasteiger partial charge < -0.3 is 10.1 Å². The molecule has 3 nitrogen and oxygen atoms in total. The lowest BCUT2D eigenvalue weighted by Gasteiger charge is -2.33. The van der Waals surface area contributed by atoms with Crippen molar-refractivity contribution in [1.82, 2.24) is 0 Å². The van der Waals surface area contributed by atoms with E-state index in [4.69, 9.17) is 4.74 Å². The third-order valence-electron chi connectivity index (χ3n) is 4.33. The summed E-state index contributed by atoms with van der Waals surface area (Å²) in [6.07, 6.45) is 4.68. The van der Waals surface area contributed by atoms with Crippen LogP contribution in [0.1, 0.15) is 45.1 Å². The van der Waals surface area contributed by atoms with Crippen LogP contribution in [0, 0.1) is 18.8 Å². The molecule has 0 spiro atoms. The molecule has 0 aromatic heterocycles. The van der Waals surface area contributed by atoms with Gasteiger partial charge in [-0.1, -0.05) is 31.9 Å². The predicted octanol–water partition coefficient (Wildman–Crippen LogP) is 4.16. The molecule has 1 saturated carbocycles. The Morgan fingerprint density at radius 1 is 1.43 bits per heavy atom. The molecule has 3 unspecified atom stereocenters. The number of carbonyl (C=O) groups is 1. The fourth-order valence-electron chi connectivity index (χ4n) is 3.30. The van der Waals surface area contributed by atoms with E-state index in [0.29, 0.717) is 18.4 Å². The van der Waals surface area contributed by atoms with Crippen molar-refractivity contribution in [3.63, 3.8) is 0 Å². The summed E-state index contributed by atoms with van der Waals surface area (Å²) in [5, 5.41) is 3.42. The Morgan fingerprint density at radius 3 is 2.90 bits per heavy atom. The zero-order valence-electron chi connectivity index (χ0n) is 13.4. The summed E-state index contributed by atoms with van der Waals surface area (Å²) in [4.78, 5) is 12.4. The van der Waals surface area contributed by atoms with Gasteiger partial charge in [0.2, 0.25) is 0 Å². The lowest BCUT2D eigenvalue weighted by atomic mass is 9.78. The Balaban J connectivity index is 2.13. The maximum atomic E-state index is 12.4. The number of benzene rings is 1. The standard InChI is InChI=1S/C18H27NO2/c1-4-21-18(20)17(15-9-5-7-13(2)11-15)19-16-10-6-8-14(3)12-16/h6,8,10,12-13,15,17,19H,4-5,7,9,11H2,1-3H3. The van der Waals surface area contributed by atoms with Crippen molar-refractivity contribution in [2.24, 2.45) is 11.8 Å². The van der Waals surface area contributed by atoms with Gasteiger partial charge in [-0.05, 0) is 56.2 Å². The number of hydrogen-bond donors (Lipinski definition) is 1. The largest absolute Gasteiger partial charge is 0.464 e. The van der Waals surface area contributed by atoms with Crippen LogP contribution in [0.4, 0.5) is 5.69 Å². The van der Waals surface area contributed by atoms with Crippen LogP contribution in [-0.2, 0) is 9.53 Å². The van der Waals surface area contributed by atoms with Crippen molar-refractivity contribution < 1.29 is 9.53 Å². The highest BCUT2D eigenvalue weighted by molar-refractivity contribution is 5.79. The minimum Gasteiger partial charge on any atom is -0.464 e. The molecule has 0 heterocycles. The van der Waals surface area contributed by atoms with Crippen molar-refractivity contribution in [2.45, 2.75) is 52.5 Å². The molecule has 2 rings (SSSR count). The van der Waals surface area contributed by atoms with Crippen LogP contribution in [0.3, 0.4) is 0 Å². The summed E-state index contributed by atoms with van der Waals surface area (Å²) in [7, 11) is 0. The van der Waals surface area contributed by atoms with E-state index in [2.05, 4.69) is 31.3 Å². The van der Waals surface area contributed by atoms with Crippen molar-refractivity contribution >= 4 is 11.7 Å². The number of ether oxygens (including phenoxy) is 1. The Hall–Kier alpha value is -1.51. The SMILES string of the molecule is CCOC(=O)C(Nc1cccc(C)c1)C1CCCC(C)C1. The van der Waals surface area contributed by atoms with Crippen LogP contribution in [0.2, 0.25) is 0 Å². The second-order valence-electron chi connectivity index (χ2n) is 6.28. The van der Waals surface area contributed by atoms with Gasteiger partial charge in [-0.3, -0.25) is 0 Å². The molecule has 1 aromatic carbocycles. The van der Waals surface area contributed by atoms with Gasteiger partial charge in [0.25, 0.3) is 0 Å². The Labute approximate surface area is 128 Å². The zero-order valence-corrected chi connectivity index (χ0v) is 13.4. The van der Waals surface area contributed by atoms with Crippen molar-refractivity contribution in [3.8, 4) is 0 Å². The summed E-state index contributed by atoms with van der Waals surface area (Å²) in [5.74, 6) is 0.950. The van der Waals surface area contributed by atoms with E-state index in [9.17, 15) is 4.79 Å². The molecule has 0 amide bonds. The minimum atomic E-state index is -0.227. The molecule has 1 fully saturated rings. The lowest BCUT2D eigenvalue weighted by molar-refractivity contribution is -0.145. The molecule has 1 N–H and O–H groups in total. The van der Waals surface area contributed by atoms with Crippen molar-refractivity contribution in [1.29, 1.82) is 0 Å². The molecule has 0 bridgehead atoms. The Bertz CT molecular complexity index is 472. The van der Waals surface area contributed by atoms with Gasteiger partial charge >= 0.3 is 5.97 Å². The van der Waals surface area contributed by atoms with Crippen LogP contribution in [0.25, 0.3) is 0 Å². The molecule has 0 radical (unpaired) electrons. The summed E-state index contributed by atoms with van der Waals surface area (Å²) >= 11 is 0. The summed E-state index contributed by atoms with van der Waals surface area (Å²) < 4.78 is 5.29. The normalized spacial score (nSPS) is 23.4. The molecule has 3 heteroatoms. The molecule has 0 saturated heterocycles. The molecule has 3 atom stereocenters.